The first-order valence-corrected chi connectivity index (χ1v) is 24.4. The fourth-order valence-corrected chi connectivity index (χ4v) is 10.2. The minimum atomic E-state index is -0.709. The Morgan fingerprint density at radius 1 is 0.739 bits per heavy atom. The van der Waals surface area contributed by atoms with Gasteiger partial charge in [0.1, 0.15) is 11.3 Å². The number of carbonyl (C=O) groups is 2. The van der Waals surface area contributed by atoms with E-state index in [1.807, 2.05) is 35.1 Å². The number of nitrogens with zero attached hydrogens (tertiary/aromatic N) is 6. The number of hydrogen-bond acceptors (Lipinski definition) is 13. The van der Waals surface area contributed by atoms with E-state index in [1.165, 1.54) is 22.3 Å². The second-order valence-corrected chi connectivity index (χ2v) is 18.9. The average molecular weight is 938 g/mol. The maximum absolute atomic E-state index is 13.3. The van der Waals surface area contributed by atoms with Crippen molar-refractivity contribution < 1.29 is 34.0 Å². The molecule has 0 radical (unpaired) electrons. The largest absolute Gasteiger partial charge is 0.484 e. The second-order valence-electron chi connectivity index (χ2n) is 18.9. The van der Waals surface area contributed by atoms with E-state index in [0.29, 0.717) is 56.4 Å². The maximum Gasteiger partial charge on any atom is 0.258 e. The highest BCUT2D eigenvalue weighted by Gasteiger charge is 2.30. The molecule has 69 heavy (non-hydrogen) atoms. The molecule has 4 aromatic carbocycles. The first-order chi connectivity index (χ1) is 33.8. The number of amides is 2. The zero-order chi connectivity index (χ0) is 47.1. The van der Waals surface area contributed by atoms with Crippen molar-refractivity contribution in [3.8, 4) is 11.5 Å². The molecule has 16 heteroatoms. The van der Waals surface area contributed by atoms with Crippen LogP contribution in [-0.2, 0) is 46.8 Å². The first kappa shape index (κ1) is 46.7. The van der Waals surface area contributed by atoms with Gasteiger partial charge < -0.3 is 40.4 Å². The van der Waals surface area contributed by atoms with E-state index in [2.05, 4.69) is 97.4 Å². The van der Waals surface area contributed by atoms with E-state index in [4.69, 9.17) is 24.3 Å². The Bertz CT molecular complexity index is 2740. The van der Waals surface area contributed by atoms with E-state index in [0.717, 1.165) is 86.1 Å². The molecule has 2 amide bonds. The van der Waals surface area contributed by atoms with E-state index in [1.54, 1.807) is 0 Å². The molecule has 0 aliphatic carbocycles. The molecule has 5 N–H and O–H groups in total. The van der Waals surface area contributed by atoms with Crippen molar-refractivity contribution in [2.24, 2.45) is 0 Å². The van der Waals surface area contributed by atoms with Gasteiger partial charge in [-0.1, -0.05) is 66.7 Å². The number of aromatic nitrogens is 3. The van der Waals surface area contributed by atoms with Gasteiger partial charge in [-0.05, 0) is 65.8 Å². The third-order valence-corrected chi connectivity index (χ3v) is 13.9. The van der Waals surface area contributed by atoms with Gasteiger partial charge in [0, 0.05) is 94.9 Å². The summed E-state index contributed by atoms with van der Waals surface area (Å²) in [5.41, 5.74) is 8.78. The lowest BCUT2D eigenvalue weighted by Gasteiger charge is -2.30. The Morgan fingerprint density at radius 2 is 1.38 bits per heavy atom. The minimum Gasteiger partial charge on any atom is -0.484 e. The Morgan fingerprint density at radius 3 is 2.06 bits per heavy atom. The summed E-state index contributed by atoms with van der Waals surface area (Å²) in [6.45, 7) is 8.47. The van der Waals surface area contributed by atoms with Gasteiger partial charge in [-0.2, -0.15) is 5.10 Å². The van der Waals surface area contributed by atoms with E-state index in [-0.39, 0.29) is 50.2 Å². The summed E-state index contributed by atoms with van der Waals surface area (Å²) >= 11 is 0. The number of fused-ring (bicyclic) bond motifs is 4. The molecule has 4 aliphatic rings. The lowest BCUT2D eigenvalue weighted by Crippen LogP contribution is -2.43. The van der Waals surface area contributed by atoms with Crippen molar-refractivity contribution >= 4 is 33.6 Å². The van der Waals surface area contributed by atoms with Gasteiger partial charge in [0.2, 0.25) is 0 Å². The molecule has 2 fully saturated rings. The van der Waals surface area contributed by atoms with E-state index in [9.17, 15) is 19.8 Å². The number of carbonyl (C=O) groups excluding carboxylic acids is 2. The van der Waals surface area contributed by atoms with Crippen LogP contribution in [-0.4, -0.2) is 149 Å². The SMILES string of the molecule is O=C(COc1ccc2c(cnn2C2CNC(c3ccc4ccc(CN5CCOCC5)c(OCC(=O)NCC(O)CN5CCc6ccccc6C5)c4n3)C2)c1)NCC(O)CN1CCc2ccccc2C1. The van der Waals surface area contributed by atoms with Gasteiger partial charge >= 0.3 is 0 Å². The molecule has 2 aromatic heterocycles. The minimum absolute atomic E-state index is 0.0521. The number of nitrogens with one attached hydrogen (secondary N) is 3. The molecule has 10 rings (SSSR count). The molecule has 0 saturated carbocycles. The smallest absolute Gasteiger partial charge is 0.258 e. The molecule has 362 valence electrons. The average Bonchev–Trinajstić information content (AvgIpc) is 4.04. The predicted octanol–water partition coefficient (Wildman–Crippen LogP) is 3.52. The summed E-state index contributed by atoms with van der Waals surface area (Å²) in [5, 5.41) is 37.5. The highest BCUT2D eigenvalue weighted by molar-refractivity contribution is 5.87. The van der Waals surface area contributed by atoms with Crippen LogP contribution >= 0.6 is 0 Å². The van der Waals surface area contributed by atoms with Gasteiger partial charge in [0.25, 0.3) is 11.8 Å². The molecule has 16 nitrogen and oxygen atoms in total. The van der Waals surface area contributed by atoms with Gasteiger partial charge in [0.05, 0.1) is 54.9 Å². The van der Waals surface area contributed by atoms with Crippen molar-refractivity contribution in [1.82, 2.24) is 45.4 Å². The number of hydrogen-bond donors (Lipinski definition) is 5. The molecule has 6 heterocycles. The molecule has 4 atom stereocenters. The van der Waals surface area contributed by atoms with Crippen molar-refractivity contribution in [3.63, 3.8) is 0 Å². The van der Waals surface area contributed by atoms with Crippen LogP contribution in [0, 0.1) is 0 Å². The van der Waals surface area contributed by atoms with Crippen LogP contribution in [0.15, 0.2) is 97.2 Å². The summed E-state index contributed by atoms with van der Waals surface area (Å²) in [4.78, 5) is 38.0. The molecule has 4 aliphatic heterocycles. The van der Waals surface area contributed by atoms with Crippen LogP contribution in [0.4, 0.5) is 0 Å². The Balaban J connectivity index is 0.741. The van der Waals surface area contributed by atoms with Crippen LogP contribution in [0.2, 0.25) is 0 Å². The third-order valence-electron chi connectivity index (χ3n) is 13.9. The fraction of sp³-hybridized carbons (Fsp3) is 0.434. The van der Waals surface area contributed by atoms with Crippen LogP contribution in [0.3, 0.4) is 0 Å². The van der Waals surface area contributed by atoms with Gasteiger partial charge in [-0.3, -0.25) is 29.0 Å². The highest BCUT2D eigenvalue weighted by atomic mass is 16.5. The molecule has 4 unspecified atom stereocenters. The zero-order valence-electron chi connectivity index (χ0n) is 39.1. The molecule has 6 aromatic rings. The maximum atomic E-state index is 13.3. The van der Waals surface area contributed by atoms with E-state index < -0.39 is 12.2 Å². The van der Waals surface area contributed by atoms with Crippen molar-refractivity contribution in [1.29, 1.82) is 0 Å². The number of ether oxygens (including phenoxy) is 3. The van der Waals surface area contributed by atoms with Crippen LogP contribution in [0.5, 0.6) is 11.5 Å². The summed E-state index contributed by atoms with van der Waals surface area (Å²) < 4.78 is 19.9. The topological polar surface area (TPSA) is 179 Å². The molecule has 0 spiro atoms. The number of morpholine rings is 1. The molecular formula is C53H63N9O7. The van der Waals surface area contributed by atoms with Gasteiger partial charge in [-0.15, -0.1) is 0 Å². The Labute approximate surface area is 402 Å². The monoisotopic (exact) mass is 937 g/mol. The highest BCUT2D eigenvalue weighted by Crippen LogP contribution is 2.36. The summed E-state index contributed by atoms with van der Waals surface area (Å²) in [6.07, 6.45) is 3.09. The molecule has 0 bridgehead atoms. The van der Waals surface area contributed by atoms with Gasteiger partial charge in [-0.25, -0.2) is 4.98 Å². The van der Waals surface area contributed by atoms with Crippen LogP contribution < -0.4 is 25.4 Å². The van der Waals surface area contributed by atoms with E-state index >= 15 is 0 Å². The number of benzene rings is 4. The number of aliphatic hydroxyl groups excluding tert-OH is 2. The van der Waals surface area contributed by atoms with Crippen LogP contribution in [0.25, 0.3) is 21.8 Å². The number of rotatable bonds is 18. The lowest BCUT2D eigenvalue weighted by molar-refractivity contribution is -0.124. The molecule has 2 saturated heterocycles. The summed E-state index contributed by atoms with van der Waals surface area (Å²) in [7, 11) is 0. The number of pyridine rings is 1. The van der Waals surface area contributed by atoms with Crippen molar-refractivity contribution in [2.45, 2.75) is 63.2 Å². The second kappa shape index (κ2) is 21.8. The van der Waals surface area contributed by atoms with Crippen molar-refractivity contribution in [2.75, 3.05) is 85.3 Å². The quantitative estimate of drug-likeness (QED) is 0.0847. The van der Waals surface area contributed by atoms with Crippen molar-refractivity contribution in [3.05, 3.63) is 131 Å². The number of β-amino-alcohol motifs (C(OH)–C–C–N with tert-alkyl or cyclic N) is 2. The third kappa shape index (κ3) is 11.6. The summed E-state index contributed by atoms with van der Waals surface area (Å²) in [6, 6.07) is 30.8. The normalized spacial score (nSPS) is 19.7. The Kier molecular flexibility index (Phi) is 14.7. The Hall–Kier alpha value is -5.98. The van der Waals surface area contributed by atoms with Crippen LogP contribution in [0.1, 0.15) is 52.0 Å². The fourth-order valence-electron chi connectivity index (χ4n) is 10.2. The first-order valence-electron chi connectivity index (χ1n) is 24.4. The number of aliphatic hydroxyl groups is 2. The predicted molar refractivity (Wildman–Crippen MR) is 262 cm³/mol. The lowest BCUT2D eigenvalue weighted by atomic mass is 10.00. The summed E-state index contributed by atoms with van der Waals surface area (Å²) in [5.74, 6) is 0.553. The molecular weight excluding hydrogens is 875 g/mol. The standard InChI is InChI=1S/C53H63N9O7/c63-44(32-60-17-15-36-5-1-3-7-39(36)29-60)27-55-50(65)34-68-46-12-14-49-42(23-46)25-57-62(49)43-24-48(54-26-43)47-13-11-38-9-10-41(31-59-19-21-67-22-20-59)53(52(38)58-47)69-35-51(66)56-28-45(64)33-61-18-16-37-6-2-4-8-40(37)30-61/h1-14,23,25,43-45,48,54,63-64H,15-22,24,26-35H2,(H,55,65)(H,56,66). The zero-order valence-corrected chi connectivity index (χ0v) is 39.1. The van der Waals surface area contributed by atoms with Gasteiger partial charge in [0.15, 0.2) is 19.0 Å².